The molecule has 1 fully saturated rings. The Kier molecular flexibility index (Phi) is 5.66. The fourth-order valence-corrected chi connectivity index (χ4v) is 4.20. The number of amides is 1. The zero-order chi connectivity index (χ0) is 22.1. The summed E-state index contributed by atoms with van der Waals surface area (Å²) in [6, 6.07) is 12.7. The van der Waals surface area contributed by atoms with Gasteiger partial charge >= 0.3 is 0 Å². The van der Waals surface area contributed by atoms with E-state index in [9.17, 15) is 9.18 Å². The Balaban J connectivity index is 1.47. The van der Waals surface area contributed by atoms with Crippen molar-refractivity contribution < 1.29 is 13.9 Å². The Morgan fingerprint density at radius 2 is 1.69 bits per heavy atom. The number of benzene rings is 2. The third kappa shape index (κ3) is 4.25. The minimum absolute atomic E-state index is 0.0799. The average molecular weight is 453 g/mol. The molecule has 0 N–H and O–H groups in total. The minimum atomic E-state index is -0.334. The molecular formula is C24H22ClFN4O2. The molecule has 0 spiro atoms. The average Bonchev–Trinajstić information content (AvgIpc) is 3.35. The summed E-state index contributed by atoms with van der Waals surface area (Å²) in [5, 5.41) is 0.586. The van der Waals surface area contributed by atoms with Crippen LogP contribution in [-0.4, -0.2) is 40.4 Å². The van der Waals surface area contributed by atoms with Crippen LogP contribution < -0.4 is 9.64 Å². The van der Waals surface area contributed by atoms with Crippen LogP contribution in [0.15, 0.2) is 48.5 Å². The molecule has 164 valence electrons. The monoisotopic (exact) mass is 452 g/mol. The second-order valence-electron chi connectivity index (χ2n) is 7.99. The molecule has 1 amide bonds. The number of ether oxygens (including phenoxy) is 1. The van der Waals surface area contributed by atoms with E-state index in [4.69, 9.17) is 26.3 Å². The zero-order valence-corrected chi connectivity index (χ0v) is 18.2. The second kappa shape index (κ2) is 8.74. The van der Waals surface area contributed by atoms with Gasteiger partial charge in [0.05, 0.1) is 17.8 Å². The van der Waals surface area contributed by atoms with E-state index in [2.05, 4.69) is 4.90 Å². The van der Waals surface area contributed by atoms with Crippen molar-refractivity contribution in [3.05, 3.63) is 76.2 Å². The van der Waals surface area contributed by atoms with Crippen molar-refractivity contribution in [3.63, 3.8) is 0 Å². The van der Waals surface area contributed by atoms with Crippen LogP contribution in [0.3, 0.4) is 0 Å². The Morgan fingerprint density at radius 3 is 2.41 bits per heavy atom. The number of carbonyl (C=O) groups excluding carboxylic acids is 1. The summed E-state index contributed by atoms with van der Waals surface area (Å²) in [6.45, 7) is 2.72. The number of hydrogen-bond donors (Lipinski definition) is 0. The highest BCUT2D eigenvalue weighted by Gasteiger charge is 2.29. The maximum atomic E-state index is 13.4. The maximum absolute atomic E-state index is 13.4. The molecule has 0 saturated carbocycles. The molecule has 8 heteroatoms. The van der Waals surface area contributed by atoms with Crippen LogP contribution in [0, 0.1) is 5.82 Å². The van der Waals surface area contributed by atoms with Crippen LogP contribution in [0.2, 0.25) is 5.02 Å². The van der Waals surface area contributed by atoms with Gasteiger partial charge in [0.25, 0.3) is 5.91 Å². The summed E-state index contributed by atoms with van der Waals surface area (Å²) >= 11 is 5.96. The first-order valence-corrected chi connectivity index (χ1v) is 11.1. The van der Waals surface area contributed by atoms with E-state index in [-0.39, 0.29) is 11.7 Å². The molecule has 0 atom stereocenters. The summed E-state index contributed by atoms with van der Waals surface area (Å²) in [4.78, 5) is 26.5. The Morgan fingerprint density at radius 1 is 0.969 bits per heavy atom. The van der Waals surface area contributed by atoms with Gasteiger partial charge in [-0.15, -0.1) is 0 Å². The van der Waals surface area contributed by atoms with Gasteiger partial charge in [0, 0.05) is 36.6 Å². The largest absolute Gasteiger partial charge is 0.438 e. The number of carbonyl (C=O) groups is 1. The molecule has 0 bridgehead atoms. The fraction of sp³-hybridized carbons (Fsp3) is 0.292. The zero-order valence-electron chi connectivity index (χ0n) is 17.4. The summed E-state index contributed by atoms with van der Waals surface area (Å²) < 4.78 is 19.4. The molecule has 2 aromatic carbocycles. The van der Waals surface area contributed by atoms with Crippen LogP contribution in [0.25, 0.3) is 0 Å². The van der Waals surface area contributed by atoms with E-state index in [0.717, 1.165) is 37.2 Å². The lowest BCUT2D eigenvalue weighted by Gasteiger charge is -2.30. The van der Waals surface area contributed by atoms with E-state index in [1.165, 1.54) is 12.1 Å². The van der Waals surface area contributed by atoms with Gasteiger partial charge in [0.1, 0.15) is 11.6 Å². The number of nitrogens with zero attached hydrogens (tertiary/aromatic N) is 4. The topological polar surface area (TPSA) is 58.6 Å². The Hall–Kier alpha value is -3.19. The van der Waals surface area contributed by atoms with Crippen molar-refractivity contribution in [2.24, 2.45) is 0 Å². The fourth-order valence-electron chi connectivity index (χ4n) is 4.08. The molecule has 6 nitrogen and oxygen atoms in total. The lowest BCUT2D eigenvalue weighted by Crippen LogP contribution is -2.37. The van der Waals surface area contributed by atoms with Crippen molar-refractivity contribution in [1.82, 2.24) is 14.9 Å². The van der Waals surface area contributed by atoms with Crippen molar-refractivity contribution in [3.8, 4) is 11.6 Å². The van der Waals surface area contributed by atoms with Crippen LogP contribution in [0.4, 0.5) is 10.3 Å². The Bertz CT molecular complexity index is 1130. The van der Waals surface area contributed by atoms with Crippen LogP contribution in [-0.2, 0) is 13.0 Å². The molecule has 0 aliphatic carbocycles. The molecule has 32 heavy (non-hydrogen) atoms. The molecule has 3 aromatic rings. The molecular weight excluding hydrogens is 431 g/mol. The SMILES string of the molecule is O=C(c1ccc(Cl)cc1)N1CCc2nc(N3CCCC3)nc(Oc3ccc(F)cc3)c2C1. The lowest BCUT2D eigenvalue weighted by atomic mass is 10.1. The van der Waals surface area contributed by atoms with Gasteiger partial charge in [-0.1, -0.05) is 11.6 Å². The number of aromatic nitrogens is 2. The Labute approximate surface area is 190 Å². The van der Waals surface area contributed by atoms with Gasteiger partial charge in [0.15, 0.2) is 0 Å². The summed E-state index contributed by atoms with van der Waals surface area (Å²) in [7, 11) is 0. The summed E-state index contributed by atoms with van der Waals surface area (Å²) in [6.07, 6.45) is 2.83. The predicted octanol–water partition coefficient (Wildman–Crippen LogP) is 4.86. The predicted molar refractivity (Wildman–Crippen MR) is 120 cm³/mol. The first-order chi connectivity index (χ1) is 15.6. The number of halogens is 2. The van der Waals surface area contributed by atoms with Crippen molar-refractivity contribution >= 4 is 23.5 Å². The van der Waals surface area contributed by atoms with Gasteiger partial charge in [-0.2, -0.15) is 4.98 Å². The van der Waals surface area contributed by atoms with E-state index in [1.807, 2.05) is 0 Å². The van der Waals surface area contributed by atoms with Gasteiger partial charge in [0.2, 0.25) is 11.8 Å². The summed E-state index contributed by atoms with van der Waals surface area (Å²) in [5.41, 5.74) is 2.25. The number of hydrogen-bond acceptors (Lipinski definition) is 5. The maximum Gasteiger partial charge on any atom is 0.254 e. The standard InChI is InChI=1S/C24H22ClFN4O2/c25-17-5-3-16(4-6-17)23(31)30-14-11-21-20(15-30)22(32-19-9-7-18(26)8-10-19)28-24(27-21)29-12-1-2-13-29/h3-10H,1-2,11-15H2. The minimum Gasteiger partial charge on any atom is -0.438 e. The number of anilines is 1. The highest BCUT2D eigenvalue weighted by Crippen LogP contribution is 2.32. The van der Waals surface area contributed by atoms with E-state index in [1.54, 1.807) is 41.3 Å². The van der Waals surface area contributed by atoms with Crippen molar-refractivity contribution in [2.75, 3.05) is 24.5 Å². The van der Waals surface area contributed by atoms with Gasteiger partial charge < -0.3 is 14.5 Å². The van der Waals surface area contributed by atoms with Crippen molar-refractivity contribution in [1.29, 1.82) is 0 Å². The van der Waals surface area contributed by atoms with Crippen LogP contribution >= 0.6 is 11.6 Å². The molecule has 1 aromatic heterocycles. The highest BCUT2D eigenvalue weighted by molar-refractivity contribution is 6.30. The van der Waals surface area contributed by atoms with Gasteiger partial charge in [-0.3, -0.25) is 4.79 Å². The van der Waals surface area contributed by atoms with Gasteiger partial charge in [-0.05, 0) is 61.4 Å². The van der Waals surface area contributed by atoms with E-state index >= 15 is 0 Å². The lowest BCUT2D eigenvalue weighted by molar-refractivity contribution is 0.0732. The molecule has 0 unspecified atom stereocenters. The second-order valence-corrected chi connectivity index (χ2v) is 8.42. The van der Waals surface area contributed by atoms with E-state index in [0.29, 0.717) is 47.7 Å². The van der Waals surface area contributed by atoms with Crippen LogP contribution in [0.5, 0.6) is 11.6 Å². The molecule has 5 rings (SSSR count). The van der Waals surface area contributed by atoms with Crippen LogP contribution in [0.1, 0.15) is 34.5 Å². The number of fused-ring (bicyclic) bond motifs is 1. The van der Waals surface area contributed by atoms with Crippen molar-refractivity contribution in [2.45, 2.75) is 25.8 Å². The summed E-state index contributed by atoms with van der Waals surface area (Å²) in [5.74, 6) is 1.14. The number of rotatable bonds is 4. The third-order valence-electron chi connectivity index (χ3n) is 5.81. The quantitative estimate of drug-likeness (QED) is 0.565. The first kappa shape index (κ1) is 20.7. The molecule has 1 saturated heterocycles. The smallest absolute Gasteiger partial charge is 0.254 e. The van der Waals surface area contributed by atoms with Gasteiger partial charge in [-0.25, -0.2) is 9.37 Å². The first-order valence-electron chi connectivity index (χ1n) is 10.7. The normalized spacial score (nSPS) is 15.6. The molecule has 3 heterocycles. The molecule has 2 aliphatic rings. The molecule has 0 radical (unpaired) electrons. The van der Waals surface area contributed by atoms with E-state index < -0.39 is 0 Å². The molecule has 2 aliphatic heterocycles. The third-order valence-corrected chi connectivity index (χ3v) is 6.06. The highest BCUT2D eigenvalue weighted by atomic mass is 35.5.